The first-order valence-corrected chi connectivity index (χ1v) is 12.9. The van der Waals surface area contributed by atoms with Gasteiger partial charge in [-0.2, -0.15) is 0 Å². The number of halogens is 1. The number of benzene rings is 1. The number of amides is 1. The van der Waals surface area contributed by atoms with Crippen LogP contribution in [0, 0.1) is 6.92 Å². The van der Waals surface area contributed by atoms with Gasteiger partial charge in [0.15, 0.2) is 0 Å². The molecule has 1 aromatic heterocycles. The maximum atomic E-state index is 12.5. The molecule has 2 aromatic rings. The Labute approximate surface area is 201 Å². The predicted molar refractivity (Wildman–Crippen MR) is 138 cm³/mol. The van der Waals surface area contributed by atoms with Crippen molar-refractivity contribution in [2.45, 2.75) is 51.4 Å². The number of fused-ring (bicyclic) bond motifs is 2. The quantitative estimate of drug-likeness (QED) is 0.437. The molecule has 0 saturated carbocycles. The first-order valence-electron chi connectivity index (χ1n) is 11.7. The standard InChI is InChI=1S/C27H33ClN2OS/c1-3-9-22-20(2)32-25(24(22)28)26(31)29-16-7-4-8-17-30-18-14-27(15-19-30)13-12-21-10-5-6-11-23(21)27/h3,5-6,9-13H,4,7-8,14-19H2,1-2H3,(H,29,31)/b9-3-. The number of nitrogens with one attached hydrogen (secondary N) is 1. The van der Waals surface area contributed by atoms with Gasteiger partial charge in [-0.1, -0.05) is 66.6 Å². The molecule has 2 aliphatic rings. The van der Waals surface area contributed by atoms with Crippen molar-refractivity contribution < 1.29 is 4.79 Å². The molecule has 1 saturated heterocycles. The monoisotopic (exact) mass is 468 g/mol. The van der Waals surface area contributed by atoms with E-state index in [-0.39, 0.29) is 11.3 Å². The van der Waals surface area contributed by atoms with E-state index in [0.29, 0.717) is 16.4 Å². The zero-order valence-electron chi connectivity index (χ0n) is 19.1. The van der Waals surface area contributed by atoms with Gasteiger partial charge in [-0.15, -0.1) is 11.3 Å². The third-order valence-electron chi connectivity index (χ3n) is 6.87. The molecule has 0 bridgehead atoms. The van der Waals surface area contributed by atoms with E-state index in [0.717, 1.165) is 29.8 Å². The lowest BCUT2D eigenvalue weighted by molar-refractivity contribution is 0.0957. The number of thiophene rings is 1. The molecule has 170 valence electrons. The Morgan fingerprint density at radius 2 is 2.00 bits per heavy atom. The lowest BCUT2D eigenvalue weighted by Gasteiger charge is -2.39. The molecule has 1 aliphatic carbocycles. The summed E-state index contributed by atoms with van der Waals surface area (Å²) in [7, 11) is 0. The molecule has 4 rings (SSSR count). The number of nitrogens with zero attached hydrogens (tertiary/aromatic N) is 1. The fourth-order valence-corrected chi connectivity index (χ4v) is 6.41. The molecule has 1 fully saturated rings. The maximum absolute atomic E-state index is 12.5. The summed E-state index contributed by atoms with van der Waals surface area (Å²) in [6, 6.07) is 8.86. The summed E-state index contributed by atoms with van der Waals surface area (Å²) in [5.74, 6) is -0.0509. The molecular weight excluding hydrogens is 436 g/mol. The molecule has 0 unspecified atom stereocenters. The van der Waals surface area contributed by atoms with Crippen LogP contribution in [-0.2, 0) is 5.41 Å². The Kier molecular flexibility index (Phi) is 7.55. The summed E-state index contributed by atoms with van der Waals surface area (Å²) in [6.07, 6.45) is 14.4. The van der Waals surface area contributed by atoms with E-state index in [9.17, 15) is 4.79 Å². The van der Waals surface area contributed by atoms with Gasteiger partial charge in [-0.3, -0.25) is 4.79 Å². The van der Waals surface area contributed by atoms with Gasteiger partial charge in [0, 0.05) is 22.4 Å². The number of hydrogen-bond donors (Lipinski definition) is 1. The highest BCUT2D eigenvalue weighted by atomic mass is 35.5. The molecule has 0 radical (unpaired) electrons. The maximum Gasteiger partial charge on any atom is 0.262 e. The van der Waals surface area contributed by atoms with Crippen LogP contribution in [0.2, 0.25) is 5.02 Å². The van der Waals surface area contributed by atoms with E-state index in [1.807, 2.05) is 26.0 Å². The predicted octanol–water partition coefficient (Wildman–Crippen LogP) is 6.70. The van der Waals surface area contributed by atoms with E-state index >= 15 is 0 Å². The molecule has 5 heteroatoms. The van der Waals surface area contributed by atoms with Crippen LogP contribution in [0.4, 0.5) is 0 Å². The first-order chi connectivity index (χ1) is 15.5. The summed E-state index contributed by atoms with van der Waals surface area (Å²) in [5.41, 5.74) is 4.16. The number of unbranched alkanes of at least 4 members (excludes halogenated alkanes) is 2. The summed E-state index contributed by atoms with van der Waals surface area (Å²) in [4.78, 5) is 16.8. The van der Waals surface area contributed by atoms with Gasteiger partial charge >= 0.3 is 0 Å². The van der Waals surface area contributed by atoms with Gasteiger partial charge in [-0.05, 0) is 70.3 Å². The van der Waals surface area contributed by atoms with Crippen molar-refractivity contribution in [3.8, 4) is 0 Å². The number of piperidine rings is 1. The number of hydrogen-bond acceptors (Lipinski definition) is 3. The minimum Gasteiger partial charge on any atom is -0.351 e. The Morgan fingerprint density at radius 3 is 2.78 bits per heavy atom. The average molecular weight is 469 g/mol. The molecule has 1 N–H and O–H groups in total. The van der Waals surface area contributed by atoms with Crippen LogP contribution in [0.3, 0.4) is 0 Å². The number of allylic oxidation sites excluding steroid dienone is 2. The highest BCUT2D eigenvalue weighted by Gasteiger charge is 2.37. The van der Waals surface area contributed by atoms with Gasteiger partial charge in [0.05, 0.1) is 5.02 Å². The van der Waals surface area contributed by atoms with E-state index < -0.39 is 0 Å². The normalized spacial score (nSPS) is 17.3. The van der Waals surface area contributed by atoms with Gasteiger partial charge in [0.25, 0.3) is 5.91 Å². The van der Waals surface area contributed by atoms with Gasteiger partial charge < -0.3 is 10.2 Å². The van der Waals surface area contributed by atoms with E-state index in [2.05, 4.69) is 46.6 Å². The lowest BCUT2D eigenvalue weighted by Crippen LogP contribution is -2.41. The molecule has 2 heterocycles. The molecule has 1 aromatic carbocycles. The van der Waals surface area contributed by atoms with E-state index in [4.69, 9.17) is 11.6 Å². The van der Waals surface area contributed by atoms with Crippen LogP contribution in [0.1, 0.15) is 70.3 Å². The number of rotatable bonds is 8. The Hall–Kier alpha value is -1.88. The first kappa shape index (κ1) is 23.3. The zero-order valence-corrected chi connectivity index (χ0v) is 20.7. The van der Waals surface area contributed by atoms with Crippen LogP contribution in [0.15, 0.2) is 36.4 Å². The number of likely N-dealkylation sites (tertiary alicyclic amines) is 1. The molecule has 3 nitrogen and oxygen atoms in total. The van der Waals surface area contributed by atoms with Crippen LogP contribution in [0.25, 0.3) is 12.2 Å². The summed E-state index contributed by atoms with van der Waals surface area (Å²) in [5, 5.41) is 3.62. The number of aryl methyl sites for hydroxylation is 1. The van der Waals surface area contributed by atoms with E-state index in [1.165, 1.54) is 54.8 Å². The molecular formula is C27H33ClN2OS. The third kappa shape index (κ3) is 4.88. The van der Waals surface area contributed by atoms with Gasteiger partial charge in [-0.25, -0.2) is 0 Å². The number of carbonyl (C=O) groups is 1. The molecule has 1 amide bonds. The summed E-state index contributed by atoms with van der Waals surface area (Å²) >= 11 is 7.89. The second kappa shape index (κ2) is 10.4. The fraction of sp³-hybridized carbons (Fsp3) is 0.444. The van der Waals surface area contributed by atoms with Crippen LogP contribution >= 0.6 is 22.9 Å². The van der Waals surface area contributed by atoms with Crippen molar-refractivity contribution in [3.05, 3.63) is 67.9 Å². The van der Waals surface area contributed by atoms with E-state index in [1.54, 1.807) is 0 Å². The van der Waals surface area contributed by atoms with Crippen molar-refractivity contribution in [1.82, 2.24) is 10.2 Å². The third-order valence-corrected chi connectivity index (χ3v) is 8.50. The average Bonchev–Trinajstić information content (AvgIpc) is 3.30. The van der Waals surface area contributed by atoms with Gasteiger partial charge in [0.1, 0.15) is 4.88 Å². The largest absolute Gasteiger partial charge is 0.351 e. The Bertz CT molecular complexity index is 1010. The zero-order chi connectivity index (χ0) is 22.6. The topological polar surface area (TPSA) is 32.3 Å². The highest BCUT2D eigenvalue weighted by Crippen LogP contribution is 2.43. The molecule has 32 heavy (non-hydrogen) atoms. The van der Waals surface area contributed by atoms with Crippen molar-refractivity contribution in [3.63, 3.8) is 0 Å². The smallest absolute Gasteiger partial charge is 0.262 e. The minimum absolute atomic E-state index is 0.0509. The summed E-state index contributed by atoms with van der Waals surface area (Å²) < 4.78 is 0. The molecule has 1 aliphatic heterocycles. The fourth-order valence-electron chi connectivity index (χ4n) is 5.00. The van der Waals surface area contributed by atoms with Crippen LogP contribution in [0.5, 0.6) is 0 Å². The van der Waals surface area contributed by atoms with Crippen molar-refractivity contribution in [1.29, 1.82) is 0 Å². The minimum atomic E-state index is -0.0509. The summed E-state index contributed by atoms with van der Waals surface area (Å²) in [6.45, 7) is 8.15. The van der Waals surface area contributed by atoms with Crippen molar-refractivity contribution >= 4 is 41.0 Å². The Balaban J connectivity index is 1.14. The second-order valence-electron chi connectivity index (χ2n) is 8.95. The van der Waals surface area contributed by atoms with Crippen molar-refractivity contribution in [2.24, 2.45) is 0 Å². The second-order valence-corrected chi connectivity index (χ2v) is 10.6. The lowest BCUT2D eigenvalue weighted by atomic mass is 9.74. The SMILES string of the molecule is C/C=C\c1c(C)sc(C(=O)NCCCCCN2CCC3(C=Cc4ccccc43)CC2)c1Cl. The van der Waals surface area contributed by atoms with Crippen molar-refractivity contribution in [2.75, 3.05) is 26.2 Å². The van der Waals surface area contributed by atoms with Crippen LogP contribution < -0.4 is 5.32 Å². The molecule has 0 atom stereocenters. The molecule has 1 spiro atoms. The highest BCUT2D eigenvalue weighted by molar-refractivity contribution is 7.15. The Morgan fingerprint density at radius 1 is 1.22 bits per heavy atom. The number of carbonyl (C=O) groups excluding carboxylic acids is 1. The van der Waals surface area contributed by atoms with Gasteiger partial charge in [0.2, 0.25) is 0 Å². The van der Waals surface area contributed by atoms with Crippen LogP contribution in [-0.4, -0.2) is 37.0 Å².